The van der Waals surface area contributed by atoms with Gasteiger partial charge in [0.15, 0.2) is 0 Å². The maximum atomic E-state index is 11.1. The molecule has 0 heterocycles. The van der Waals surface area contributed by atoms with Crippen LogP contribution in [0.5, 0.6) is 0 Å². The fourth-order valence-electron chi connectivity index (χ4n) is 0.801. The Morgan fingerprint density at radius 1 is 1.46 bits per heavy atom. The van der Waals surface area contributed by atoms with E-state index in [-0.39, 0.29) is 10.5 Å². The third-order valence-corrected chi connectivity index (χ3v) is 2.61. The summed E-state index contributed by atoms with van der Waals surface area (Å²) in [6, 6.07) is 7.42. The Balaban J connectivity index is 3.27. The summed E-state index contributed by atoms with van der Waals surface area (Å²) >= 11 is 0. The average molecular weight is 197 g/mol. The second-order valence-corrected chi connectivity index (χ2v) is 3.97. The number of nitrogens with zero attached hydrogens (tertiary/aromatic N) is 1. The van der Waals surface area contributed by atoms with Crippen molar-refractivity contribution in [3.05, 3.63) is 29.8 Å². The number of rotatable bonds is 2. The molecule has 0 atom stereocenters. The molecule has 0 amide bonds. The van der Waals surface area contributed by atoms with Gasteiger partial charge in [0.2, 0.25) is 0 Å². The summed E-state index contributed by atoms with van der Waals surface area (Å²) in [4.78, 5) is 1.65. The maximum absolute atomic E-state index is 11.1. The quantitative estimate of drug-likeness (QED) is 0.503. The molecule has 5 nitrogen and oxygen atoms in total. The van der Waals surface area contributed by atoms with Crippen molar-refractivity contribution in [2.75, 3.05) is 0 Å². The van der Waals surface area contributed by atoms with E-state index in [1.165, 1.54) is 24.3 Å². The Hall–Kier alpha value is -1.42. The van der Waals surface area contributed by atoms with Gasteiger partial charge in [0.1, 0.15) is 0 Å². The lowest BCUT2D eigenvalue weighted by atomic mass is 10.2. The summed E-state index contributed by atoms with van der Waals surface area (Å²) in [5.41, 5.74) is 0.274. The number of nitrogens with one attached hydrogen (secondary N) is 1. The zero-order chi connectivity index (χ0) is 9.90. The van der Waals surface area contributed by atoms with Crippen LogP contribution < -0.4 is 10.7 Å². The SMILES string of the molecule is N#Cc1cccc(S(=O)(=O)NN)c1. The van der Waals surface area contributed by atoms with Gasteiger partial charge >= 0.3 is 0 Å². The molecule has 0 fully saturated rings. The van der Waals surface area contributed by atoms with Crippen LogP contribution in [-0.2, 0) is 10.0 Å². The Labute approximate surface area is 75.8 Å². The number of hydrogen-bond acceptors (Lipinski definition) is 4. The molecule has 3 N–H and O–H groups in total. The number of hydrogen-bond donors (Lipinski definition) is 2. The molecule has 68 valence electrons. The number of sulfonamides is 1. The van der Waals surface area contributed by atoms with Crippen LogP contribution in [0.3, 0.4) is 0 Å². The molecule has 0 saturated heterocycles. The van der Waals surface area contributed by atoms with Gasteiger partial charge in [0.05, 0.1) is 16.5 Å². The van der Waals surface area contributed by atoms with Crippen molar-refractivity contribution in [3.63, 3.8) is 0 Å². The summed E-state index contributed by atoms with van der Waals surface area (Å²) in [5, 5.41) is 8.50. The van der Waals surface area contributed by atoms with Crippen LogP contribution in [0.25, 0.3) is 0 Å². The fourth-order valence-corrected chi connectivity index (χ4v) is 1.48. The first-order valence-electron chi connectivity index (χ1n) is 3.33. The minimum Gasteiger partial charge on any atom is -0.257 e. The highest BCUT2D eigenvalue weighted by Crippen LogP contribution is 2.09. The van der Waals surface area contributed by atoms with Gasteiger partial charge in [-0.15, -0.1) is 0 Å². The van der Waals surface area contributed by atoms with Crippen LogP contribution in [0, 0.1) is 11.3 Å². The van der Waals surface area contributed by atoms with Crippen molar-refractivity contribution in [1.82, 2.24) is 4.83 Å². The van der Waals surface area contributed by atoms with E-state index in [2.05, 4.69) is 0 Å². The van der Waals surface area contributed by atoms with Gasteiger partial charge < -0.3 is 0 Å². The lowest BCUT2D eigenvalue weighted by molar-refractivity contribution is 0.584. The van der Waals surface area contributed by atoms with Crippen molar-refractivity contribution in [2.45, 2.75) is 4.90 Å². The van der Waals surface area contributed by atoms with Crippen LogP contribution in [0.15, 0.2) is 29.2 Å². The first-order valence-corrected chi connectivity index (χ1v) is 4.81. The van der Waals surface area contributed by atoms with Crippen molar-refractivity contribution in [1.29, 1.82) is 5.26 Å². The molecule has 0 aliphatic heterocycles. The predicted molar refractivity (Wildman–Crippen MR) is 45.7 cm³/mol. The van der Waals surface area contributed by atoms with Crippen LogP contribution in [0.1, 0.15) is 5.56 Å². The fraction of sp³-hybridized carbons (Fsp3) is 0. The monoisotopic (exact) mass is 197 g/mol. The van der Waals surface area contributed by atoms with Gasteiger partial charge in [-0.05, 0) is 18.2 Å². The Bertz CT molecular complexity index is 447. The summed E-state index contributed by atoms with van der Waals surface area (Å²) in [6.45, 7) is 0. The summed E-state index contributed by atoms with van der Waals surface area (Å²) in [7, 11) is -3.65. The topological polar surface area (TPSA) is 96.0 Å². The van der Waals surface area contributed by atoms with Gasteiger partial charge in [-0.1, -0.05) is 6.07 Å². The lowest BCUT2D eigenvalue weighted by Gasteiger charge is -2.00. The van der Waals surface area contributed by atoms with Crippen LogP contribution in [0.4, 0.5) is 0 Å². The Morgan fingerprint density at radius 2 is 2.15 bits per heavy atom. The molecule has 0 bridgehead atoms. The highest BCUT2D eigenvalue weighted by molar-refractivity contribution is 7.89. The maximum Gasteiger partial charge on any atom is 0.253 e. The average Bonchev–Trinajstić information content (AvgIpc) is 2.18. The molecule has 0 aliphatic rings. The van der Waals surface area contributed by atoms with Crippen LogP contribution in [-0.4, -0.2) is 8.42 Å². The minimum absolute atomic E-state index is 0.0194. The standard InChI is InChI=1S/C7H7N3O2S/c8-5-6-2-1-3-7(4-6)13(11,12)10-9/h1-4,10H,9H2. The third kappa shape index (κ3) is 2.03. The molecule has 0 radical (unpaired) electrons. The van der Waals surface area contributed by atoms with E-state index in [0.29, 0.717) is 0 Å². The van der Waals surface area contributed by atoms with Gasteiger partial charge in [0, 0.05) is 0 Å². The predicted octanol–water partition coefficient (Wildman–Crippen LogP) is -0.290. The van der Waals surface area contributed by atoms with Gasteiger partial charge in [-0.3, -0.25) is 5.84 Å². The van der Waals surface area contributed by atoms with Crippen LogP contribution >= 0.6 is 0 Å². The largest absolute Gasteiger partial charge is 0.257 e. The second-order valence-electron chi connectivity index (χ2n) is 2.26. The Morgan fingerprint density at radius 3 is 2.69 bits per heavy atom. The van der Waals surface area contributed by atoms with Crippen molar-refractivity contribution in [2.24, 2.45) is 5.84 Å². The molecule has 6 heteroatoms. The molecule has 13 heavy (non-hydrogen) atoms. The van der Waals surface area contributed by atoms with Crippen molar-refractivity contribution < 1.29 is 8.42 Å². The second kappa shape index (κ2) is 3.53. The van der Waals surface area contributed by atoms with E-state index >= 15 is 0 Å². The van der Waals surface area contributed by atoms with Gasteiger partial charge in [0.25, 0.3) is 10.0 Å². The molecule has 0 spiro atoms. The van der Waals surface area contributed by atoms with E-state index in [9.17, 15) is 8.42 Å². The Kier molecular flexibility index (Phi) is 2.63. The first kappa shape index (κ1) is 9.67. The summed E-state index contributed by atoms with van der Waals surface area (Å²) in [5.74, 6) is 4.81. The van der Waals surface area contributed by atoms with Gasteiger partial charge in [-0.2, -0.15) is 10.1 Å². The number of nitrogens with two attached hydrogens (primary N) is 1. The van der Waals surface area contributed by atoms with Gasteiger partial charge in [-0.25, -0.2) is 8.42 Å². The third-order valence-electron chi connectivity index (χ3n) is 1.43. The van der Waals surface area contributed by atoms with E-state index < -0.39 is 10.0 Å². The van der Waals surface area contributed by atoms with Crippen molar-refractivity contribution in [3.8, 4) is 6.07 Å². The normalized spacial score (nSPS) is 10.8. The highest BCUT2D eigenvalue weighted by Gasteiger charge is 2.11. The van der Waals surface area contributed by atoms with E-state index in [0.717, 1.165) is 0 Å². The number of hydrazine groups is 1. The van der Waals surface area contributed by atoms with E-state index in [1.54, 1.807) is 4.83 Å². The van der Waals surface area contributed by atoms with E-state index in [1.807, 2.05) is 6.07 Å². The molecule has 1 rings (SSSR count). The zero-order valence-electron chi connectivity index (χ0n) is 6.56. The molecule has 0 aliphatic carbocycles. The molecule has 0 saturated carbocycles. The van der Waals surface area contributed by atoms with Crippen LogP contribution in [0.2, 0.25) is 0 Å². The molecule has 0 aromatic heterocycles. The minimum atomic E-state index is -3.65. The summed E-state index contributed by atoms with van der Waals surface area (Å²) < 4.78 is 22.2. The molecule has 1 aromatic rings. The smallest absolute Gasteiger partial charge is 0.253 e. The zero-order valence-corrected chi connectivity index (χ0v) is 7.38. The highest BCUT2D eigenvalue weighted by atomic mass is 32.2. The number of benzene rings is 1. The molecule has 1 aromatic carbocycles. The van der Waals surface area contributed by atoms with E-state index in [4.69, 9.17) is 11.1 Å². The molecular formula is C7H7N3O2S. The molecular weight excluding hydrogens is 190 g/mol. The molecule has 0 unspecified atom stereocenters. The number of nitriles is 1. The lowest BCUT2D eigenvalue weighted by Crippen LogP contribution is -2.30. The first-order chi connectivity index (χ1) is 6.10. The summed E-state index contributed by atoms with van der Waals surface area (Å²) in [6.07, 6.45) is 0. The van der Waals surface area contributed by atoms with Crippen molar-refractivity contribution >= 4 is 10.0 Å².